The van der Waals surface area contributed by atoms with Crippen LogP contribution in [0.4, 0.5) is 0 Å². The fraction of sp³-hybridized carbons (Fsp3) is 0.802. The molecular weight excluding hydrogens is 1980 g/mol. The number of thiol groups is 4. The molecule has 12 saturated carbocycles. The number of rotatable bonds is 80. The first-order valence-corrected chi connectivity index (χ1v) is 58.0. The van der Waals surface area contributed by atoms with Crippen molar-refractivity contribution in [1.29, 1.82) is 0 Å². The fourth-order valence-electron chi connectivity index (χ4n) is 23.0. The summed E-state index contributed by atoms with van der Waals surface area (Å²) in [5.74, 6) is 9.85. The molecule has 0 aliphatic heterocycles. The van der Waals surface area contributed by atoms with Crippen LogP contribution < -0.4 is 0 Å². The summed E-state index contributed by atoms with van der Waals surface area (Å²) in [7, 11) is 0. The highest BCUT2D eigenvalue weighted by Crippen LogP contribution is 3.08. The van der Waals surface area contributed by atoms with E-state index in [0.29, 0.717) is 156 Å². The van der Waals surface area contributed by atoms with Gasteiger partial charge in [0.2, 0.25) is 0 Å². The Morgan fingerprint density at radius 3 is 0.681 bits per heavy atom. The number of ether oxygens (including phenoxy) is 16. The third-order valence-electron chi connectivity index (χ3n) is 30.1. The molecule has 796 valence electrons. The topological polar surface area (TPSA) is 421 Å². The molecule has 0 aromatic carbocycles. The van der Waals surface area contributed by atoms with Gasteiger partial charge in [-0.1, -0.05) is 33.9 Å². The van der Waals surface area contributed by atoms with Gasteiger partial charge < -0.3 is 75.8 Å². The minimum Gasteiger partial charge on any atom is -0.466 e. The number of carbonyl (C=O) groups excluding carboxylic acids is 16. The van der Waals surface area contributed by atoms with Crippen molar-refractivity contribution in [2.75, 3.05) is 176 Å². The number of hydrogen-bond donors (Lipinski definition) is 4. The Morgan fingerprint density at radius 2 is 0.461 bits per heavy atom. The highest BCUT2D eigenvalue weighted by atomic mass is 32.2. The molecule has 1 unspecified atom stereocenters. The van der Waals surface area contributed by atoms with E-state index in [2.05, 4.69) is 77.5 Å². The lowest BCUT2D eigenvalue weighted by Gasteiger charge is -3.08. The summed E-state index contributed by atoms with van der Waals surface area (Å²) in [6, 6.07) is 0. The average molecular weight is 2130 g/mol. The number of esters is 16. The van der Waals surface area contributed by atoms with E-state index in [1.807, 2.05) is 18.8 Å². The molecule has 0 radical (unpaired) electrons. The molecule has 0 saturated heterocycles. The van der Waals surface area contributed by atoms with Gasteiger partial charge in [-0.05, 0) is 215 Å². The molecule has 141 heavy (non-hydrogen) atoms. The van der Waals surface area contributed by atoms with Crippen LogP contribution in [0.2, 0.25) is 0 Å². The zero-order valence-electron chi connectivity index (χ0n) is 83.0. The molecular formula is C101H152O32S8. The maximum Gasteiger partial charge on any atom is 0.330 e. The minimum atomic E-state index is -1.32. The second kappa shape index (κ2) is 60.9. The van der Waals surface area contributed by atoms with Crippen molar-refractivity contribution < 1.29 is 153 Å². The molecule has 0 aromatic rings. The van der Waals surface area contributed by atoms with Crippen LogP contribution in [0.5, 0.6) is 0 Å². The monoisotopic (exact) mass is 2130 g/mol. The van der Waals surface area contributed by atoms with Crippen LogP contribution >= 0.6 is 97.6 Å². The Labute approximate surface area is 869 Å². The second-order valence-corrected chi connectivity index (χ2v) is 45.0. The smallest absolute Gasteiger partial charge is 0.330 e. The van der Waals surface area contributed by atoms with Crippen LogP contribution in [-0.4, -0.2) is 272 Å². The molecule has 32 nitrogen and oxygen atoms in total. The summed E-state index contributed by atoms with van der Waals surface area (Å²) in [5, 5.41) is 0. The van der Waals surface area contributed by atoms with Gasteiger partial charge in [-0.2, -0.15) is 97.6 Å². The van der Waals surface area contributed by atoms with E-state index in [0.717, 1.165) is 140 Å². The zero-order valence-corrected chi connectivity index (χ0v) is 89.9. The van der Waals surface area contributed by atoms with Crippen LogP contribution in [0.25, 0.3) is 0 Å². The van der Waals surface area contributed by atoms with Crippen molar-refractivity contribution in [3.8, 4) is 0 Å². The summed E-state index contributed by atoms with van der Waals surface area (Å²) < 4.78 is 87.1. The Balaban J connectivity index is 0.000000294. The number of thioether (sulfide) groups is 4. The number of unbranched alkanes of at least 4 members (excludes halogenated alkanes) is 8. The predicted octanol–water partition coefficient (Wildman–Crippen LogP) is 14.0. The third kappa shape index (κ3) is 32.9. The molecule has 0 spiro atoms. The summed E-state index contributed by atoms with van der Waals surface area (Å²) >= 11 is 21.7. The third-order valence-corrected chi connectivity index (χ3v) is 33.9. The van der Waals surface area contributed by atoms with Crippen molar-refractivity contribution in [3.63, 3.8) is 0 Å². The minimum absolute atomic E-state index is 0.0196. The van der Waals surface area contributed by atoms with Crippen LogP contribution in [0.15, 0.2) is 25.3 Å². The van der Waals surface area contributed by atoms with Gasteiger partial charge in [0.15, 0.2) is 0 Å². The molecule has 12 rings (SSSR count). The maximum absolute atomic E-state index is 13.0. The molecule has 0 N–H and O–H groups in total. The summed E-state index contributed by atoms with van der Waals surface area (Å²) in [4.78, 5) is 195. The van der Waals surface area contributed by atoms with Crippen molar-refractivity contribution >= 4 is 193 Å². The molecule has 0 bridgehead atoms. The van der Waals surface area contributed by atoms with E-state index in [1.165, 1.54) is 47.0 Å². The van der Waals surface area contributed by atoms with E-state index in [4.69, 9.17) is 75.8 Å². The SMILES string of the molecule is C=CC(=O)OCCCCCC(=O)OCC(CC)(COC(=O)CCCCCOC(=O)C=C)CC12C3C4C5C3C1C5C42.CCC(=O)OCCCCCC(=O)OCC(CC)(COC(=O)CCCCCOC(=O)CCSCCC(=O)OCC(COC(=O)CCSC)(COC(=O)CCSC)COC(=O)CCSC)CC12C3C4C5C3C1C5C42.O=C(CCS)OCC(COC(=O)CCS)(COC(=O)CCS)COC(=O)CCS. The van der Waals surface area contributed by atoms with Crippen LogP contribution in [0.3, 0.4) is 0 Å². The van der Waals surface area contributed by atoms with Gasteiger partial charge in [-0.15, -0.1) is 0 Å². The Bertz CT molecular complexity index is 3840. The normalized spacial score (nSPS) is 23.7. The molecule has 1 atom stereocenters. The number of hydrogen-bond acceptors (Lipinski definition) is 40. The molecule has 0 amide bonds. The van der Waals surface area contributed by atoms with E-state index in [9.17, 15) is 76.7 Å². The fourth-order valence-corrected chi connectivity index (χ4v) is 25.7. The second-order valence-electron chi connectivity index (χ2n) is 39.0. The molecule has 12 aliphatic rings. The summed E-state index contributed by atoms with van der Waals surface area (Å²) in [6.45, 7) is 12.7. The van der Waals surface area contributed by atoms with Crippen molar-refractivity contribution in [3.05, 3.63) is 25.3 Å². The van der Waals surface area contributed by atoms with Gasteiger partial charge in [-0.3, -0.25) is 67.1 Å². The lowest BCUT2D eigenvalue weighted by atomic mass is 8.96. The molecule has 40 heteroatoms. The first-order chi connectivity index (χ1) is 67.9. The Morgan fingerprint density at radius 1 is 0.255 bits per heavy atom. The first-order valence-electron chi connectivity index (χ1n) is 50.1. The molecule has 12 aliphatic carbocycles. The first kappa shape index (κ1) is 120. The van der Waals surface area contributed by atoms with Crippen LogP contribution in [-0.2, 0) is 153 Å². The molecule has 0 aromatic heterocycles. The van der Waals surface area contributed by atoms with Crippen molar-refractivity contribution in [1.82, 2.24) is 0 Å². The van der Waals surface area contributed by atoms with Crippen molar-refractivity contribution in [2.24, 2.45) is 115 Å². The van der Waals surface area contributed by atoms with E-state index >= 15 is 0 Å². The molecule has 12 fully saturated rings. The van der Waals surface area contributed by atoms with Crippen LogP contribution in [0.1, 0.15) is 213 Å². The highest BCUT2D eigenvalue weighted by Gasteiger charge is 3.05. The zero-order chi connectivity index (χ0) is 103. The van der Waals surface area contributed by atoms with Gasteiger partial charge in [0, 0.05) is 107 Å². The van der Waals surface area contributed by atoms with E-state index in [1.54, 1.807) is 6.92 Å². The standard InChI is InChI=1S/C52H80O16S4.C32H44O8.C17H28O8S4/c1-6-35(53)61-21-12-8-10-14-36(54)63-29-50(7-2,28-52-47-44-43-45(47)49(52)46(43)48(44)52)30-64-37(55)15-11-9-13-22-62-38(56)19-26-72-27-20-42(60)68-34-51(31-65-39(57)16-23-69-3,32-66-40(58)17-24-70-4)33-67-41(59)18-25-71-5;1-4-20(33)37-15-11-7-9-13-22(35)39-18-31(6-3,17-32-28-25-24-26(28)30(32)27(24)29(25)32)19-40-23(36)14-10-8-12-16-38-21(34)5-2;18-13(1-5-26)22-9-17(10-23-14(19)2-6-27,11-24-15(20)3-7-28)12-25-16(21)4-8-29/h43-49H,6-34H2,1-5H3;4-5,24-30H,1-2,6-19H2,3H3;26-29H,1-12H2. The maximum atomic E-state index is 13.0. The predicted molar refractivity (Wildman–Crippen MR) is 543 cm³/mol. The van der Waals surface area contributed by atoms with E-state index < -0.39 is 75.9 Å². The average Bonchev–Trinajstić information content (AvgIpc) is 0.564. The Kier molecular flexibility index (Phi) is 51.9. The number of carbonyl (C=O) groups is 16. The lowest BCUT2D eigenvalue weighted by molar-refractivity contribution is -0.619. The van der Waals surface area contributed by atoms with E-state index in [-0.39, 0.29) is 201 Å². The van der Waals surface area contributed by atoms with Gasteiger partial charge >= 0.3 is 95.5 Å². The van der Waals surface area contributed by atoms with Gasteiger partial charge in [0.1, 0.15) is 90.1 Å². The summed E-state index contributed by atoms with van der Waals surface area (Å²) in [6.07, 6.45) is 22.1. The van der Waals surface area contributed by atoms with Gasteiger partial charge in [0.25, 0.3) is 0 Å². The Hall–Kier alpha value is -6.20. The molecule has 0 heterocycles. The highest BCUT2D eigenvalue weighted by molar-refractivity contribution is 7.99. The quantitative estimate of drug-likeness (QED) is 0.0144. The largest absolute Gasteiger partial charge is 0.466 e. The van der Waals surface area contributed by atoms with Gasteiger partial charge in [-0.25, -0.2) is 9.59 Å². The summed E-state index contributed by atoms with van der Waals surface area (Å²) in [5.41, 5.74) is -2.53. The lowest BCUT2D eigenvalue weighted by Crippen LogP contribution is -3.05. The van der Waals surface area contributed by atoms with Gasteiger partial charge in [0.05, 0.1) is 84.2 Å². The van der Waals surface area contributed by atoms with Crippen molar-refractivity contribution in [2.45, 2.75) is 213 Å². The van der Waals surface area contributed by atoms with Crippen LogP contribution in [0, 0.1) is 115 Å².